The number of carbonyl (C=O) groups excluding carboxylic acids is 2. The average Bonchev–Trinajstić information content (AvgIpc) is 2.98. The minimum absolute atomic E-state index is 0.0600. The maximum atomic E-state index is 12.0. The van der Waals surface area contributed by atoms with E-state index in [0.717, 1.165) is 25.9 Å². The highest BCUT2D eigenvalue weighted by Gasteiger charge is 2.30. The highest BCUT2D eigenvalue weighted by Crippen LogP contribution is 2.18. The van der Waals surface area contributed by atoms with Crippen LogP contribution >= 0.6 is 11.8 Å². The molecule has 2 saturated heterocycles. The van der Waals surface area contributed by atoms with Crippen LogP contribution in [0.1, 0.15) is 25.7 Å². The lowest BCUT2D eigenvalue weighted by atomic mass is 10.1. The van der Waals surface area contributed by atoms with E-state index in [1.807, 2.05) is 4.90 Å². The molecule has 2 amide bonds. The summed E-state index contributed by atoms with van der Waals surface area (Å²) in [5.74, 6) is -0.631. The fourth-order valence-electron chi connectivity index (χ4n) is 2.74. The van der Waals surface area contributed by atoms with Gasteiger partial charge in [0.15, 0.2) is 0 Å². The Morgan fingerprint density at radius 3 is 2.14 bits per heavy atom. The zero-order valence-corrected chi connectivity index (χ0v) is 12.9. The van der Waals surface area contributed by atoms with E-state index in [0.29, 0.717) is 25.3 Å². The molecule has 0 aliphatic carbocycles. The molecule has 0 saturated carbocycles. The number of amides is 2. The lowest BCUT2D eigenvalue weighted by Gasteiger charge is -2.26. The number of nitrogens with zero attached hydrogens (tertiary/aromatic N) is 2. The standard InChI is InChI=1S/C14H22N2O4S/c17-12(15-5-2-1-3-6-15)9-21-10-13(18)16-7-4-11(8-16)14(19)20/h11H,1-10H2,(H,19,20). The van der Waals surface area contributed by atoms with Crippen LogP contribution in [0.3, 0.4) is 0 Å². The van der Waals surface area contributed by atoms with Gasteiger partial charge < -0.3 is 14.9 Å². The summed E-state index contributed by atoms with van der Waals surface area (Å²) in [5, 5.41) is 8.91. The predicted molar refractivity (Wildman–Crippen MR) is 80.1 cm³/mol. The van der Waals surface area contributed by atoms with Crippen molar-refractivity contribution in [3.05, 3.63) is 0 Å². The first-order chi connectivity index (χ1) is 10.1. The minimum atomic E-state index is -0.835. The molecule has 0 aromatic rings. The lowest BCUT2D eigenvalue weighted by Crippen LogP contribution is -2.37. The Morgan fingerprint density at radius 1 is 0.952 bits per heavy atom. The molecule has 2 heterocycles. The van der Waals surface area contributed by atoms with Crippen molar-refractivity contribution in [2.24, 2.45) is 5.92 Å². The number of carbonyl (C=O) groups is 3. The number of aliphatic carboxylic acids is 1. The van der Waals surface area contributed by atoms with Crippen LogP contribution in [0.4, 0.5) is 0 Å². The number of carboxylic acid groups (broad SMARTS) is 1. The summed E-state index contributed by atoms with van der Waals surface area (Å²) >= 11 is 1.33. The molecule has 1 N–H and O–H groups in total. The molecule has 2 aliphatic rings. The second-order valence-electron chi connectivity index (χ2n) is 5.60. The van der Waals surface area contributed by atoms with Gasteiger partial charge in [-0.05, 0) is 25.7 Å². The van der Waals surface area contributed by atoms with Crippen molar-refractivity contribution in [2.45, 2.75) is 25.7 Å². The van der Waals surface area contributed by atoms with Crippen LogP contribution in [-0.4, -0.2) is 70.4 Å². The molecule has 0 spiro atoms. The van der Waals surface area contributed by atoms with Gasteiger partial charge in [0.05, 0.1) is 17.4 Å². The molecule has 6 nitrogen and oxygen atoms in total. The summed E-state index contributed by atoms with van der Waals surface area (Å²) in [6, 6.07) is 0. The van der Waals surface area contributed by atoms with Crippen molar-refractivity contribution >= 4 is 29.5 Å². The predicted octanol–water partition coefficient (Wildman–Crippen LogP) is 0.665. The number of likely N-dealkylation sites (tertiary alicyclic amines) is 2. The van der Waals surface area contributed by atoms with E-state index in [9.17, 15) is 14.4 Å². The van der Waals surface area contributed by atoms with Crippen LogP contribution in [0, 0.1) is 5.92 Å². The van der Waals surface area contributed by atoms with Gasteiger partial charge in [0.2, 0.25) is 11.8 Å². The van der Waals surface area contributed by atoms with E-state index in [-0.39, 0.29) is 17.6 Å². The Kier molecular flexibility index (Phi) is 5.90. The second kappa shape index (κ2) is 7.68. The molecule has 118 valence electrons. The fourth-order valence-corrected chi connectivity index (χ4v) is 3.56. The smallest absolute Gasteiger partial charge is 0.308 e. The van der Waals surface area contributed by atoms with Crippen molar-refractivity contribution in [3.8, 4) is 0 Å². The Hall–Kier alpha value is -1.24. The number of hydrogen-bond donors (Lipinski definition) is 1. The average molecular weight is 314 g/mol. The maximum Gasteiger partial charge on any atom is 0.308 e. The van der Waals surface area contributed by atoms with E-state index >= 15 is 0 Å². The van der Waals surface area contributed by atoms with E-state index in [2.05, 4.69) is 0 Å². The van der Waals surface area contributed by atoms with E-state index in [1.54, 1.807) is 4.90 Å². The maximum absolute atomic E-state index is 12.0. The van der Waals surface area contributed by atoms with Crippen molar-refractivity contribution in [1.82, 2.24) is 9.80 Å². The molecule has 7 heteroatoms. The van der Waals surface area contributed by atoms with Crippen LogP contribution in [0.5, 0.6) is 0 Å². The molecule has 0 bridgehead atoms. The molecule has 2 fully saturated rings. The summed E-state index contributed by atoms with van der Waals surface area (Å²) < 4.78 is 0. The van der Waals surface area contributed by atoms with Crippen molar-refractivity contribution < 1.29 is 19.5 Å². The van der Waals surface area contributed by atoms with Gasteiger partial charge in [-0.3, -0.25) is 14.4 Å². The first kappa shape index (κ1) is 16.1. The molecular weight excluding hydrogens is 292 g/mol. The second-order valence-corrected chi connectivity index (χ2v) is 6.58. The van der Waals surface area contributed by atoms with E-state index in [4.69, 9.17) is 5.11 Å². The zero-order valence-electron chi connectivity index (χ0n) is 12.1. The van der Waals surface area contributed by atoms with E-state index < -0.39 is 11.9 Å². The topological polar surface area (TPSA) is 77.9 Å². The van der Waals surface area contributed by atoms with E-state index in [1.165, 1.54) is 18.2 Å². The van der Waals surface area contributed by atoms with Gasteiger partial charge in [0.1, 0.15) is 0 Å². The first-order valence-electron chi connectivity index (χ1n) is 7.44. The molecule has 21 heavy (non-hydrogen) atoms. The highest BCUT2D eigenvalue weighted by atomic mass is 32.2. The summed E-state index contributed by atoms with van der Waals surface area (Å²) in [7, 11) is 0. The molecule has 1 atom stereocenters. The summed E-state index contributed by atoms with van der Waals surface area (Å²) in [4.78, 5) is 38.2. The van der Waals surface area contributed by atoms with Gasteiger partial charge in [-0.2, -0.15) is 0 Å². The Labute approximate surface area is 128 Å². The van der Waals surface area contributed by atoms with Gasteiger partial charge in [-0.25, -0.2) is 0 Å². The quantitative estimate of drug-likeness (QED) is 0.807. The lowest BCUT2D eigenvalue weighted by molar-refractivity contribution is -0.141. The first-order valence-corrected chi connectivity index (χ1v) is 8.59. The molecule has 2 aliphatic heterocycles. The van der Waals surface area contributed by atoms with Crippen LogP contribution in [0.15, 0.2) is 0 Å². The largest absolute Gasteiger partial charge is 0.481 e. The van der Waals surface area contributed by atoms with Gasteiger partial charge in [-0.1, -0.05) is 0 Å². The molecule has 2 rings (SSSR count). The Morgan fingerprint density at radius 2 is 1.57 bits per heavy atom. The van der Waals surface area contributed by atoms with Crippen LogP contribution < -0.4 is 0 Å². The van der Waals surface area contributed by atoms with Gasteiger partial charge in [0.25, 0.3) is 0 Å². The Balaban J connectivity index is 1.65. The number of rotatable bonds is 5. The molecule has 0 aromatic carbocycles. The normalized spacial score (nSPS) is 22.4. The summed E-state index contributed by atoms with van der Waals surface area (Å²) in [5.41, 5.74) is 0. The molecule has 1 unspecified atom stereocenters. The minimum Gasteiger partial charge on any atom is -0.481 e. The van der Waals surface area contributed by atoms with Crippen LogP contribution in [-0.2, 0) is 14.4 Å². The number of thioether (sulfide) groups is 1. The van der Waals surface area contributed by atoms with Crippen molar-refractivity contribution in [1.29, 1.82) is 0 Å². The third-order valence-corrected chi connectivity index (χ3v) is 4.95. The highest BCUT2D eigenvalue weighted by molar-refractivity contribution is 8.00. The van der Waals surface area contributed by atoms with Crippen molar-refractivity contribution in [2.75, 3.05) is 37.7 Å². The van der Waals surface area contributed by atoms with Crippen LogP contribution in [0.25, 0.3) is 0 Å². The SMILES string of the molecule is O=C(O)C1CCN(C(=O)CSCC(=O)N2CCCCC2)C1. The molecular formula is C14H22N2O4S. The number of carboxylic acids is 1. The van der Waals surface area contributed by atoms with Crippen LogP contribution in [0.2, 0.25) is 0 Å². The Bertz CT molecular complexity index is 410. The third kappa shape index (κ3) is 4.62. The van der Waals surface area contributed by atoms with Gasteiger partial charge in [0, 0.05) is 26.2 Å². The molecule has 0 aromatic heterocycles. The van der Waals surface area contributed by atoms with Gasteiger partial charge in [-0.15, -0.1) is 11.8 Å². The third-order valence-electron chi connectivity index (χ3n) is 4.05. The zero-order chi connectivity index (χ0) is 15.2. The number of piperidine rings is 1. The monoisotopic (exact) mass is 314 g/mol. The van der Waals surface area contributed by atoms with Crippen molar-refractivity contribution in [3.63, 3.8) is 0 Å². The summed E-state index contributed by atoms with van der Waals surface area (Å²) in [6.07, 6.45) is 3.85. The molecule has 0 radical (unpaired) electrons. The van der Waals surface area contributed by atoms with Gasteiger partial charge >= 0.3 is 5.97 Å². The summed E-state index contributed by atoms with van der Waals surface area (Å²) in [6.45, 7) is 2.48. The fraction of sp³-hybridized carbons (Fsp3) is 0.786. The number of hydrogen-bond acceptors (Lipinski definition) is 4.